The maximum absolute atomic E-state index is 12.1. The zero-order chi connectivity index (χ0) is 13.5. The molecule has 0 aliphatic rings. The van der Waals surface area contributed by atoms with Gasteiger partial charge in [-0.05, 0) is 38.5 Å². The highest BCUT2D eigenvalue weighted by Gasteiger charge is 2.19. The molecule has 18 heavy (non-hydrogen) atoms. The van der Waals surface area contributed by atoms with Crippen LogP contribution in [0.25, 0.3) is 0 Å². The van der Waals surface area contributed by atoms with E-state index in [1.165, 1.54) is 11.8 Å². The first-order valence-electron chi connectivity index (χ1n) is 6.27. The molecule has 0 aromatic heterocycles. The van der Waals surface area contributed by atoms with Crippen molar-refractivity contribution in [1.29, 1.82) is 0 Å². The van der Waals surface area contributed by atoms with Gasteiger partial charge < -0.3 is 10.0 Å². The smallest absolute Gasteiger partial charge is 0.235 e. The molecule has 0 saturated carbocycles. The molecular formula is C14H21NO2S. The number of aliphatic hydroxyl groups excluding tert-OH is 1. The molecule has 0 saturated heterocycles. The van der Waals surface area contributed by atoms with Gasteiger partial charge in [-0.25, -0.2) is 0 Å². The van der Waals surface area contributed by atoms with E-state index in [4.69, 9.17) is 5.11 Å². The highest BCUT2D eigenvalue weighted by atomic mass is 32.2. The van der Waals surface area contributed by atoms with Gasteiger partial charge in [0.05, 0.1) is 11.9 Å². The molecule has 0 aliphatic carbocycles. The summed E-state index contributed by atoms with van der Waals surface area (Å²) >= 11 is 1.54. The third-order valence-corrected chi connectivity index (χ3v) is 3.90. The molecule has 100 valence electrons. The van der Waals surface area contributed by atoms with Crippen LogP contribution in [0, 0.1) is 0 Å². The Hall–Kier alpha value is -1.00. The number of carbonyl (C=O) groups is 1. The first kappa shape index (κ1) is 15.1. The molecule has 4 heteroatoms. The molecular weight excluding hydrogens is 246 g/mol. The lowest BCUT2D eigenvalue weighted by Crippen LogP contribution is -2.36. The molecule has 1 unspecified atom stereocenters. The van der Waals surface area contributed by atoms with Crippen LogP contribution in [0.5, 0.6) is 0 Å². The molecule has 1 aromatic carbocycles. The Morgan fingerprint density at radius 3 is 2.61 bits per heavy atom. The summed E-state index contributed by atoms with van der Waals surface area (Å²) in [6.45, 7) is 7.44. The molecule has 1 rings (SSSR count). The summed E-state index contributed by atoms with van der Waals surface area (Å²) in [7, 11) is 0. The van der Waals surface area contributed by atoms with Crippen molar-refractivity contribution in [1.82, 2.24) is 4.90 Å². The number of benzene rings is 1. The van der Waals surface area contributed by atoms with Crippen molar-refractivity contribution in [2.45, 2.75) is 37.5 Å². The van der Waals surface area contributed by atoms with Crippen molar-refractivity contribution in [3.05, 3.63) is 29.8 Å². The minimum absolute atomic E-state index is 0.0345. The van der Waals surface area contributed by atoms with E-state index in [9.17, 15) is 4.79 Å². The van der Waals surface area contributed by atoms with Gasteiger partial charge in [-0.15, -0.1) is 11.8 Å². The van der Waals surface area contributed by atoms with Gasteiger partial charge in [0.25, 0.3) is 0 Å². The fourth-order valence-electron chi connectivity index (χ4n) is 1.76. The van der Waals surface area contributed by atoms with Crippen molar-refractivity contribution in [2.75, 3.05) is 13.1 Å². The Morgan fingerprint density at radius 1 is 1.39 bits per heavy atom. The van der Waals surface area contributed by atoms with Crippen molar-refractivity contribution >= 4 is 17.7 Å². The van der Waals surface area contributed by atoms with Crippen LogP contribution in [0.4, 0.5) is 0 Å². The third kappa shape index (κ3) is 4.03. The van der Waals surface area contributed by atoms with Gasteiger partial charge >= 0.3 is 0 Å². The van der Waals surface area contributed by atoms with E-state index in [1.54, 1.807) is 0 Å². The number of aliphatic hydroxyl groups is 1. The maximum Gasteiger partial charge on any atom is 0.235 e. The van der Waals surface area contributed by atoms with Crippen LogP contribution in [-0.2, 0) is 11.4 Å². The van der Waals surface area contributed by atoms with E-state index in [1.807, 2.05) is 49.9 Å². The maximum atomic E-state index is 12.1. The molecule has 3 nitrogen and oxygen atoms in total. The topological polar surface area (TPSA) is 40.5 Å². The molecule has 1 amide bonds. The minimum Gasteiger partial charge on any atom is -0.392 e. The van der Waals surface area contributed by atoms with Gasteiger partial charge in [0.2, 0.25) is 5.91 Å². The van der Waals surface area contributed by atoms with Gasteiger partial charge in [-0.3, -0.25) is 4.79 Å². The lowest BCUT2D eigenvalue weighted by molar-refractivity contribution is -0.129. The second-order valence-corrected chi connectivity index (χ2v) is 5.49. The van der Waals surface area contributed by atoms with E-state index in [-0.39, 0.29) is 17.8 Å². The van der Waals surface area contributed by atoms with Crippen LogP contribution >= 0.6 is 11.8 Å². The fraction of sp³-hybridized carbons (Fsp3) is 0.500. The van der Waals surface area contributed by atoms with Crippen molar-refractivity contribution < 1.29 is 9.90 Å². The lowest BCUT2D eigenvalue weighted by Gasteiger charge is -2.22. The number of hydrogen-bond acceptors (Lipinski definition) is 3. The van der Waals surface area contributed by atoms with Gasteiger partial charge in [-0.1, -0.05) is 12.1 Å². The Morgan fingerprint density at radius 2 is 2.06 bits per heavy atom. The summed E-state index contributed by atoms with van der Waals surface area (Å²) in [6, 6.07) is 7.68. The zero-order valence-corrected chi connectivity index (χ0v) is 12.0. The van der Waals surface area contributed by atoms with Gasteiger partial charge in [0.1, 0.15) is 0 Å². The summed E-state index contributed by atoms with van der Waals surface area (Å²) < 4.78 is 0. The number of amides is 1. The fourth-order valence-corrected chi connectivity index (χ4v) is 2.80. The van der Waals surface area contributed by atoms with E-state index in [0.717, 1.165) is 23.5 Å². The molecule has 0 bridgehead atoms. The Bertz CT molecular complexity index is 391. The first-order chi connectivity index (χ1) is 8.62. The molecule has 0 fully saturated rings. The van der Waals surface area contributed by atoms with Gasteiger partial charge in [0.15, 0.2) is 0 Å². The summed E-state index contributed by atoms with van der Waals surface area (Å²) in [5.74, 6) is 0.166. The average Bonchev–Trinajstić information content (AvgIpc) is 2.40. The van der Waals surface area contributed by atoms with E-state index in [0.29, 0.717) is 0 Å². The van der Waals surface area contributed by atoms with Crippen molar-refractivity contribution in [2.24, 2.45) is 0 Å². The van der Waals surface area contributed by atoms with Crippen LogP contribution in [0.2, 0.25) is 0 Å². The second kappa shape index (κ2) is 7.44. The normalized spacial score (nSPS) is 12.2. The van der Waals surface area contributed by atoms with E-state index < -0.39 is 0 Å². The number of carbonyl (C=O) groups excluding carboxylic acids is 1. The number of thioether (sulfide) groups is 1. The second-order valence-electron chi connectivity index (χ2n) is 4.08. The van der Waals surface area contributed by atoms with Crippen LogP contribution < -0.4 is 0 Å². The molecule has 1 aromatic rings. The van der Waals surface area contributed by atoms with Crippen LogP contribution in [-0.4, -0.2) is 34.3 Å². The SMILES string of the molecule is CCN(CC)C(=O)C(C)Sc1cccc(CO)c1. The summed E-state index contributed by atoms with van der Waals surface area (Å²) in [4.78, 5) is 15.0. The summed E-state index contributed by atoms with van der Waals surface area (Å²) in [5.41, 5.74) is 0.877. The minimum atomic E-state index is -0.0983. The largest absolute Gasteiger partial charge is 0.392 e. The predicted octanol–water partition coefficient (Wildman–Crippen LogP) is 2.53. The highest BCUT2D eigenvalue weighted by Crippen LogP contribution is 2.25. The van der Waals surface area contributed by atoms with Crippen molar-refractivity contribution in [3.63, 3.8) is 0 Å². The Kier molecular flexibility index (Phi) is 6.22. The number of nitrogens with zero attached hydrogens (tertiary/aromatic N) is 1. The van der Waals surface area contributed by atoms with Crippen LogP contribution in [0.1, 0.15) is 26.3 Å². The third-order valence-electron chi connectivity index (χ3n) is 2.82. The summed E-state index contributed by atoms with van der Waals surface area (Å²) in [5, 5.41) is 8.99. The predicted molar refractivity (Wildman–Crippen MR) is 75.6 cm³/mol. The van der Waals surface area contributed by atoms with Crippen LogP contribution in [0.15, 0.2) is 29.2 Å². The molecule has 0 spiro atoms. The summed E-state index contributed by atoms with van der Waals surface area (Å²) in [6.07, 6.45) is 0. The first-order valence-corrected chi connectivity index (χ1v) is 7.15. The molecule has 1 atom stereocenters. The standard InChI is InChI=1S/C14H21NO2S/c1-4-15(5-2)14(17)11(3)18-13-8-6-7-12(9-13)10-16/h6-9,11,16H,4-5,10H2,1-3H3. The molecule has 1 N–H and O–H groups in total. The highest BCUT2D eigenvalue weighted by molar-refractivity contribution is 8.00. The number of hydrogen-bond donors (Lipinski definition) is 1. The Labute approximate surface area is 113 Å². The van der Waals surface area contributed by atoms with E-state index >= 15 is 0 Å². The quantitative estimate of drug-likeness (QED) is 0.805. The van der Waals surface area contributed by atoms with Gasteiger partial charge in [0, 0.05) is 18.0 Å². The Balaban J connectivity index is 2.68. The van der Waals surface area contributed by atoms with Crippen molar-refractivity contribution in [3.8, 4) is 0 Å². The lowest BCUT2D eigenvalue weighted by atomic mass is 10.2. The molecule has 0 heterocycles. The molecule has 0 radical (unpaired) electrons. The molecule has 0 aliphatic heterocycles. The van der Waals surface area contributed by atoms with Crippen LogP contribution in [0.3, 0.4) is 0 Å². The monoisotopic (exact) mass is 267 g/mol. The zero-order valence-electron chi connectivity index (χ0n) is 11.2. The number of rotatable bonds is 6. The van der Waals surface area contributed by atoms with Gasteiger partial charge in [-0.2, -0.15) is 0 Å². The average molecular weight is 267 g/mol. The van der Waals surface area contributed by atoms with E-state index in [2.05, 4.69) is 0 Å².